The zero-order valence-electron chi connectivity index (χ0n) is 23.1. The number of benzene rings is 2. The number of hydrogen-bond acceptors (Lipinski definition) is 7. The molecule has 4 heterocycles. The van der Waals surface area contributed by atoms with Crippen molar-refractivity contribution in [2.75, 3.05) is 38.2 Å². The molecule has 2 N–H and O–H groups in total. The summed E-state index contributed by atoms with van der Waals surface area (Å²) in [5.74, 6) is -1.36. The highest BCUT2D eigenvalue weighted by molar-refractivity contribution is 5.79. The first-order valence-corrected chi connectivity index (χ1v) is 13.8. The first-order valence-electron chi connectivity index (χ1n) is 13.8. The Hall–Kier alpha value is -3.93. The van der Waals surface area contributed by atoms with Crippen LogP contribution in [0.3, 0.4) is 0 Å². The fourth-order valence-corrected chi connectivity index (χ4v) is 5.62. The molecule has 2 aromatic heterocycles. The molecule has 2 fully saturated rings. The third kappa shape index (κ3) is 6.07. The van der Waals surface area contributed by atoms with Crippen LogP contribution in [0.15, 0.2) is 54.9 Å². The summed E-state index contributed by atoms with van der Waals surface area (Å²) < 4.78 is 36.9. The first-order chi connectivity index (χ1) is 19.8. The van der Waals surface area contributed by atoms with Gasteiger partial charge in [0.1, 0.15) is 23.9 Å². The minimum absolute atomic E-state index is 0.0773. The molecule has 6 rings (SSSR count). The number of anilines is 2. The number of carbonyl (C=O) groups is 1. The molecule has 2 saturated heterocycles. The molecule has 41 heavy (non-hydrogen) atoms. The number of nitrogens with one attached hydrogen (secondary N) is 2. The Balaban J connectivity index is 1.18. The van der Waals surface area contributed by atoms with Crippen LogP contribution < -0.4 is 10.6 Å². The largest absolute Gasteiger partial charge is 0.370 e. The lowest BCUT2D eigenvalue weighted by Crippen LogP contribution is -2.53. The molecule has 214 valence electrons. The monoisotopic (exact) mass is 561 g/mol. The van der Waals surface area contributed by atoms with Crippen molar-refractivity contribution in [3.05, 3.63) is 77.6 Å². The van der Waals surface area contributed by atoms with Crippen LogP contribution in [0, 0.1) is 11.6 Å². The number of amides is 1. The molecular formula is C30H33F2N7O2. The number of halogens is 2. The maximum absolute atomic E-state index is 15.1. The van der Waals surface area contributed by atoms with Crippen LogP contribution in [-0.4, -0.2) is 75.2 Å². The lowest BCUT2D eigenvalue weighted by atomic mass is 10.1. The van der Waals surface area contributed by atoms with Crippen LogP contribution in [0.1, 0.15) is 25.0 Å². The third-order valence-electron chi connectivity index (χ3n) is 7.51. The number of fused-ring (bicyclic) bond motifs is 1. The second-order valence-corrected chi connectivity index (χ2v) is 10.9. The van der Waals surface area contributed by atoms with Crippen molar-refractivity contribution in [1.29, 1.82) is 0 Å². The van der Waals surface area contributed by atoms with Crippen LogP contribution in [-0.2, 0) is 22.6 Å². The minimum atomic E-state index is -0.724. The molecule has 0 radical (unpaired) electrons. The van der Waals surface area contributed by atoms with E-state index in [2.05, 4.69) is 51.5 Å². The number of aromatic nitrogens is 3. The Morgan fingerprint density at radius 1 is 1.05 bits per heavy atom. The number of morpholine rings is 1. The Morgan fingerprint density at radius 2 is 1.78 bits per heavy atom. The minimum Gasteiger partial charge on any atom is -0.370 e. The van der Waals surface area contributed by atoms with Crippen molar-refractivity contribution in [3.8, 4) is 5.69 Å². The number of nitrogens with zero attached hydrogens (tertiary/aromatic N) is 5. The topological polar surface area (TPSA) is 87.6 Å². The van der Waals surface area contributed by atoms with Gasteiger partial charge in [-0.05, 0) is 49.7 Å². The molecule has 0 spiro atoms. The molecule has 0 bridgehead atoms. The predicted octanol–water partition coefficient (Wildman–Crippen LogP) is 3.98. The fraction of sp³-hybridized carbons (Fsp3) is 0.367. The van der Waals surface area contributed by atoms with Crippen molar-refractivity contribution in [3.63, 3.8) is 0 Å². The van der Waals surface area contributed by atoms with Crippen LogP contribution in [0.5, 0.6) is 0 Å². The summed E-state index contributed by atoms with van der Waals surface area (Å²) >= 11 is 0. The van der Waals surface area contributed by atoms with Crippen LogP contribution in [0.25, 0.3) is 16.7 Å². The average Bonchev–Trinajstić information content (AvgIpc) is 3.35. The molecule has 9 nitrogen and oxygen atoms in total. The number of carbonyl (C=O) groups excluding carboxylic acids is 1. The maximum atomic E-state index is 15.1. The Labute approximate surface area is 237 Å². The lowest BCUT2D eigenvalue weighted by Gasteiger charge is -2.36. The van der Waals surface area contributed by atoms with E-state index in [1.807, 2.05) is 12.1 Å². The van der Waals surface area contributed by atoms with E-state index < -0.39 is 11.6 Å². The summed E-state index contributed by atoms with van der Waals surface area (Å²) in [6.07, 6.45) is 3.38. The normalized spacial score (nSPS) is 20.1. The number of piperazine rings is 1. The summed E-state index contributed by atoms with van der Waals surface area (Å²) in [6, 6.07) is 13.4. The van der Waals surface area contributed by atoms with Gasteiger partial charge in [-0.2, -0.15) is 4.98 Å². The van der Waals surface area contributed by atoms with Crippen molar-refractivity contribution in [2.45, 2.75) is 39.0 Å². The van der Waals surface area contributed by atoms with Gasteiger partial charge in [0.15, 0.2) is 0 Å². The molecular weight excluding hydrogens is 528 g/mol. The number of hydrogen-bond donors (Lipinski definition) is 2. The molecule has 2 aromatic carbocycles. The summed E-state index contributed by atoms with van der Waals surface area (Å²) in [6.45, 7) is 7.76. The summed E-state index contributed by atoms with van der Waals surface area (Å²) in [5, 5.41) is 7.53. The van der Waals surface area contributed by atoms with E-state index in [0.717, 1.165) is 30.7 Å². The summed E-state index contributed by atoms with van der Waals surface area (Å²) in [7, 11) is 0. The molecule has 4 aromatic rings. The van der Waals surface area contributed by atoms with Crippen LogP contribution in [0.4, 0.5) is 20.4 Å². The third-order valence-corrected chi connectivity index (χ3v) is 7.51. The van der Waals surface area contributed by atoms with Gasteiger partial charge >= 0.3 is 0 Å². The van der Waals surface area contributed by atoms with Crippen molar-refractivity contribution >= 4 is 28.6 Å². The lowest BCUT2D eigenvalue weighted by molar-refractivity contribution is -0.143. The molecule has 0 aliphatic carbocycles. The summed E-state index contributed by atoms with van der Waals surface area (Å²) in [5.41, 5.74) is 2.72. The standard InChI is InChI=1S/C30H33F2N7O2/c1-19-14-37(15-20(2)34-19)16-21-3-5-23(6-4-21)35-30-33-13-22-7-8-39(29(22)36-30)24-11-26(31)25(27(32)12-24)17-38-9-10-41-18-28(38)40/h3-8,11-13,19-20,34H,9-10,14-18H2,1-2H3,(H,33,35,36). The molecule has 11 heteroatoms. The molecule has 1 amide bonds. The van der Waals surface area contributed by atoms with E-state index in [1.54, 1.807) is 23.0 Å². The first kappa shape index (κ1) is 27.3. The highest BCUT2D eigenvalue weighted by Gasteiger charge is 2.23. The maximum Gasteiger partial charge on any atom is 0.248 e. The average molecular weight is 562 g/mol. The Kier molecular flexibility index (Phi) is 7.65. The van der Waals surface area contributed by atoms with E-state index in [0.29, 0.717) is 36.8 Å². The van der Waals surface area contributed by atoms with E-state index >= 15 is 8.78 Å². The molecule has 2 unspecified atom stereocenters. The van der Waals surface area contributed by atoms with Crippen molar-refractivity contribution in [1.82, 2.24) is 29.7 Å². The van der Waals surface area contributed by atoms with E-state index in [9.17, 15) is 4.79 Å². The highest BCUT2D eigenvalue weighted by Crippen LogP contribution is 2.25. The molecule has 2 aliphatic rings. The van der Waals surface area contributed by atoms with Crippen LogP contribution >= 0.6 is 0 Å². The zero-order valence-corrected chi connectivity index (χ0v) is 23.1. The smallest absolute Gasteiger partial charge is 0.248 e. The summed E-state index contributed by atoms with van der Waals surface area (Å²) in [4.78, 5) is 24.9. The van der Waals surface area contributed by atoms with E-state index in [-0.39, 0.29) is 30.3 Å². The zero-order chi connectivity index (χ0) is 28.5. The Morgan fingerprint density at radius 3 is 2.49 bits per heavy atom. The highest BCUT2D eigenvalue weighted by atomic mass is 19.1. The van der Waals surface area contributed by atoms with Gasteiger partial charge in [0.2, 0.25) is 11.9 Å². The quantitative estimate of drug-likeness (QED) is 0.353. The predicted molar refractivity (Wildman–Crippen MR) is 152 cm³/mol. The van der Waals surface area contributed by atoms with Gasteiger partial charge < -0.3 is 24.8 Å². The van der Waals surface area contributed by atoms with Gasteiger partial charge in [-0.1, -0.05) is 12.1 Å². The molecule has 2 atom stereocenters. The van der Waals surface area contributed by atoms with Crippen molar-refractivity contribution in [2.24, 2.45) is 0 Å². The Bertz CT molecular complexity index is 1530. The van der Waals surface area contributed by atoms with Gasteiger partial charge in [-0.25, -0.2) is 13.8 Å². The SMILES string of the molecule is CC1CN(Cc2ccc(Nc3ncc4ccn(-c5cc(F)c(CN6CCOCC6=O)c(F)c5)c4n3)cc2)CC(C)N1. The fourth-order valence-electron chi connectivity index (χ4n) is 5.62. The van der Waals surface area contributed by atoms with Gasteiger partial charge in [0.25, 0.3) is 0 Å². The molecule has 2 aliphatic heterocycles. The number of ether oxygens (including phenoxy) is 1. The number of rotatable bonds is 7. The van der Waals surface area contributed by atoms with Gasteiger partial charge in [0.05, 0.1) is 18.8 Å². The van der Waals surface area contributed by atoms with Crippen LogP contribution in [0.2, 0.25) is 0 Å². The van der Waals surface area contributed by atoms with Crippen molar-refractivity contribution < 1.29 is 18.3 Å². The van der Waals surface area contributed by atoms with E-state index in [4.69, 9.17) is 4.74 Å². The second-order valence-electron chi connectivity index (χ2n) is 10.9. The van der Waals surface area contributed by atoms with Gasteiger partial charge in [-0.15, -0.1) is 0 Å². The van der Waals surface area contributed by atoms with Gasteiger partial charge in [-0.3, -0.25) is 9.69 Å². The molecule has 0 saturated carbocycles. The van der Waals surface area contributed by atoms with E-state index in [1.165, 1.54) is 22.6 Å². The second kappa shape index (κ2) is 11.5. The van der Waals surface area contributed by atoms with Gasteiger partial charge in [0, 0.05) is 67.3 Å².